The Labute approximate surface area is 222 Å². The Morgan fingerprint density at radius 1 is 0.485 bits per heavy atom. The number of ether oxygens (including phenoxy) is 1. The Morgan fingerprint density at radius 3 is 1.15 bits per heavy atom. The molecule has 1 heterocycles. The van der Waals surface area contributed by atoms with E-state index >= 15 is 0 Å². The molecule has 0 saturated carbocycles. The minimum absolute atomic E-state index is 1.00. The van der Waals surface area contributed by atoms with Crippen LogP contribution in [-0.4, -0.2) is 13.2 Å². The Morgan fingerprint density at radius 2 is 0.818 bits per heavy atom. The third-order valence-corrected chi connectivity index (χ3v) is 7.25. The molecule has 0 unspecified atom stereocenters. The fraction of sp³-hybridized carbons (Fsp3) is 0.172. The summed E-state index contributed by atoms with van der Waals surface area (Å²) in [5.74, 6) is 0. The molecule has 1 fully saturated rings. The highest BCUT2D eigenvalue weighted by atomic mass is 79.9. The van der Waals surface area contributed by atoms with E-state index < -0.39 is 0 Å². The quantitative estimate of drug-likeness (QED) is 0.214. The number of rotatable bonds is 2. The second kappa shape index (κ2) is 13.9. The molecule has 0 aromatic heterocycles. The lowest BCUT2D eigenvalue weighted by Crippen LogP contribution is -1.83. The van der Waals surface area contributed by atoms with E-state index in [1.54, 1.807) is 0 Å². The van der Waals surface area contributed by atoms with Gasteiger partial charge in [-0.05, 0) is 65.8 Å². The first-order valence-electron chi connectivity index (χ1n) is 11.0. The molecule has 5 rings (SSSR count). The summed E-state index contributed by atoms with van der Waals surface area (Å²) in [5, 5.41) is 0. The van der Waals surface area contributed by atoms with Gasteiger partial charge in [-0.25, -0.2) is 0 Å². The maximum Gasteiger partial charge on any atom is 0.0466 e. The van der Waals surface area contributed by atoms with Crippen molar-refractivity contribution in [1.82, 2.24) is 0 Å². The van der Waals surface area contributed by atoms with Crippen LogP contribution >= 0.6 is 47.8 Å². The van der Waals surface area contributed by atoms with E-state index in [1.807, 2.05) is 30.3 Å². The summed E-state index contributed by atoms with van der Waals surface area (Å²) in [6.07, 6.45) is 2.56. The van der Waals surface area contributed by atoms with Crippen LogP contribution in [0.3, 0.4) is 0 Å². The van der Waals surface area contributed by atoms with Crippen LogP contribution in [0.25, 0.3) is 22.3 Å². The van der Waals surface area contributed by atoms with Gasteiger partial charge >= 0.3 is 0 Å². The normalized spacial score (nSPS) is 12.2. The first kappa shape index (κ1) is 25.9. The molecule has 1 nitrogen and oxygen atoms in total. The van der Waals surface area contributed by atoms with E-state index in [0.717, 1.165) is 26.6 Å². The van der Waals surface area contributed by atoms with Gasteiger partial charge in [0.25, 0.3) is 0 Å². The molecule has 0 atom stereocenters. The summed E-state index contributed by atoms with van der Waals surface area (Å²) in [6, 6.07) is 33.1. The topological polar surface area (TPSA) is 9.23 Å². The number of halogens is 3. The van der Waals surface area contributed by atoms with Crippen molar-refractivity contribution in [2.45, 2.75) is 19.8 Å². The van der Waals surface area contributed by atoms with Crippen molar-refractivity contribution in [3.05, 3.63) is 116 Å². The van der Waals surface area contributed by atoms with Crippen molar-refractivity contribution in [1.29, 1.82) is 0 Å². The minimum atomic E-state index is 1.00. The molecule has 170 valence electrons. The van der Waals surface area contributed by atoms with Crippen LogP contribution in [0.15, 0.2) is 110 Å². The van der Waals surface area contributed by atoms with Crippen LogP contribution in [0.2, 0.25) is 0 Å². The summed E-state index contributed by atoms with van der Waals surface area (Å²) >= 11 is 10.7. The van der Waals surface area contributed by atoms with Crippen LogP contribution in [-0.2, 0) is 4.74 Å². The number of hydrogen-bond acceptors (Lipinski definition) is 1. The lowest BCUT2D eigenvalue weighted by molar-refractivity contribution is 0.198. The van der Waals surface area contributed by atoms with Crippen molar-refractivity contribution in [3.8, 4) is 22.3 Å². The van der Waals surface area contributed by atoms with E-state index in [4.69, 9.17) is 4.74 Å². The van der Waals surface area contributed by atoms with Crippen LogP contribution in [0, 0.1) is 6.92 Å². The molecule has 0 radical (unpaired) electrons. The first-order chi connectivity index (χ1) is 16.1. The predicted octanol–water partition coefficient (Wildman–Crippen LogP) is 10.1. The highest BCUT2D eigenvalue weighted by molar-refractivity contribution is 9.11. The van der Waals surface area contributed by atoms with Gasteiger partial charge in [-0.15, -0.1) is 0 Å². The Hall–Kier alpha value is -1.72. The maximum atomic E-state index is 4.94. The average molecular weight is 631 g/mol. The second-order valence-electron chi connectivity index (χ2n) is 7.57. The molecule has 0 bridgehead atoms. The summed E-state index contributed by atoms with van der Waals surface area (Å²) in [6.45, 7) is 4.13. The van der Waals surface area contributed by atoms with E-state index in [1.165, 1.54) is 40.7 Å². The SMILES string of the molecule is Brc1ccccc1-c1ccccc1Br.C1CCOC1.Cc1ccccc1-c1ccccc1Br. The van der Waals surface area contributed by atoms with Gasteiger partial charge in [-0.1, -0.05) is 127 Å². The van der Waals surface area contributed by atoms with Crippen molar-refractivity contribution >= 4 is 47.8 Å². The third kappa shape index (κ3) is 7.92. The van der Waals surface area contributed by atoms with Crippen molar-refractivity contribution in [3.63, 3.8) is 0 Å². The molecule has 1 aliphatic rings. The zero-order valence-corrected chi connectivity index (χ0v) is 23.4. The minimum Gasteiger partial charge on any atom is -0.381 e. The van der Waals surface area contributed by atoms with Gasteiger partial charge in [0.05, 0.1) is 0 Å². The second-order valence-corrected chi connectivity index (χ2v) is 10.1. The molecule has 0 amide bonds. The van der Waals surface area contributed by atoms with Gasteiger partial charge in [-0.3, -0.25) is 0 Å². The largest absolute Gasteiger partial charge is 0.381 e. The lowest BCUT2D eigenvalue weighted by Gasteiger charge is -2.07. The number of benzene rings is 4. The van der Waals surface area contributed by atoms with Crippen LogP contribution in [0.5, 0.6) is 0 Å². The molecular formula is C29H27Br3O. The highest BCUT2D eigenvalue weighted by Crippen LogP contribution is 2.33. The van der Waals surface area contributed by atoms with Crippen LogP contribution in [0.4, 0.5) is 0 Å². The van der Waals surface area contributed by atoms with E-state index in [2.05, 4.69) is 121 Å². The molecule has 1 aliphatic heterocycles. The Bertz CT molecular complexity index is 971. The number of aryl methyl sites for hydroxylation is 1. The average Bonchev–Trinajstić information content (AvgIpc) is 3.42. The highest BCUT2D eigenvalue weighted by Gasteiger charge is 2.05. The summed E-state index contributed by atoms with van der Waals surface area (Å²) in [4.78, 5) is 0. The third-order valence-electron chi connectivity index (χ3n) is 5.17. The molecule has 0 aliphatic carbocycles. The molecule has 4 heteroatoms. The van der Waals surface area contributed by atoms with Gasteiger partial charge in [-0.2, -0.15) is 0 Å². The van der Waals surface area contributed by atoms with Gasteiger partial charge in [0.15, 0.2) is 0 Å². The van der Waals surface area contributed by atoms with Crippen LogP contribution < -0.4 is 0 Å². The van der Waals surface area contributed by atoms with Crippen LogP contribution in [0.1, 0.15) is 18.4 Å². The van der Waals surface area contributed by atoms with Gasteiger partial charge < -0.3 is 4.74 Å². The molecule has 0 N–H and O–H groups in total. The molecule has 1 saturated heterocycles. The van der Waals surface area contributed by atoms with E-state index in [-0.39, 0.29) is 0 Å². The first-order valence-corrected chi connectivity index (χ1v) is 13.3. The summed E-state index contributed by atoms with van der Waals surface area (Å²) in [5.41, 5.74) is 6.27. The Balaban J connectivity index is 0.000000154. The monoisotopic (exact) mass is 628 g/mol. The molecule has 33 heavy (non-hydrogen) atoms. The fourth-order valence-corrected chi connectivity index (χ4v) is 4.92. The van der Waals surface area contributed by atoms with Crippen molar-refractivity contribution in [2.75, 3.05) is 13.2 Å². The molecule has 0 spiro atoms. The lowest BCUT2D eigenvalue weighted by atomic mass is 10.0. The molecular weight excluding hydrogens is 604 g/mol. The maximum absolute atomic E-state index is 4.94. The zero-order valence-electron chi connectivity index (χ0n) is 18.6. The fourth-order valence-electron chi connectivity index (χ4n) is 3.42. The van der Waals surface area contributed by atoms with E-state index in [0.29, 0.717) is 0 Å². The predicted molar refractivity (Wildman–Crippen MR) is 152 cm³/mol. The molecule has 4 aromatic carbocycles. The van der Waals surface area contributed by atoms with E-state index in [9.17, 15) is 0 Å². The van der Waals surface area contributed by atoms with Crippen molar-refractivity contribution in [2.24, 2.45) is 0 Å². The molecule has 4 aromatic rings. The standard InChI is InChI=1S/C13H11Br.C12H8Br2.C4H8O/c1-10-6-2-3-7-11(10)12-8-4-5-9-13(12)14;13-11-7-3-1-5-9(11)10-6-2-4-8-12(10)14;1-2-4-5-3-1/h2-9H,1H3;1-8H;1-4H2. The summed E-state index contributed by atoms with van der Waals surface area (Å²) < 4.78 is 8.33. The smallest absolute Gasteiger partial charge is 0.0466 e. The van der Waals surface area contributed by atoms with Gasteiger partial charge in [0.2, 0.25) is 0 Å². The van der Waals surface area contributed by atoms with Gasteiger partial charge in [0.1, 0.15) is 0 Å². The van der Waals surface area contributed by atoms with Gasteiger partial charge in [0, 0.05) is 26.6 Å². The summed E-state index contributed by atoms with van der Waals surface area (Å²) in [7, 11) is 0. The van der Waals surface area contributed by atoms with Crippen molar-refractivity contribution < 1.29 is 4.74 Å². The Kier molecular flexibility index (Phi) is 10.9. The number of hydrogen-bond donors (Lipinski definition) is 0. The zero-order chi connectivity index (χ0) is 23.5.